The smallest absolute Gasteiger partial charge is 0.0853 e. The fourth-order valence-electron chi connectivity index (χ4n) is 6.97. The van der Waals surface area contributed by atoms with Gasteiger partial charge >= 0.3 is 0 Å². The summed E-state index contributed by atoms with van der Waals surface area (Å²) in [7, 11) is -67.6. The summed E-state index contributed by atoms with van der Waals surface area (Å²) < 4.78 is 439. The third-order valence-corrected chi connectivity index (χ3v) is 35.2. The minimum atomic E-state index is -3.99. The number of methoxy groups -OCH3 is 1. The van der Waals surface area contributed by atoms with Crippen molar-refractivity contribution in [2.75, 3.05) is 195 Å². The van der Waals surface area contributed by atoms with Crippen molar-refractivity contribution in [1.29, 1.82) is 0 Å². The lowest BCUT2D eigenvalue weighted by Gasteiger charge is -2.17. The third-order valence-electron chi connectivity index (χ3n) is 11.2. The molecule has 0 rings (SSSR count). The van der Waals surface area contributed by atoms with E-state index in [1.54, 1.807) is 6.92 Å². The summed E-state index contributed by atoms with van der Waals surface area (Å²) >= 11 is 0. The Kier molecular flexibility index (Phi) is 83.7. The zero-order valence-electron chi connectivity index (χ0n) is 72.8. The summed E-state index contributed by atoms with van der Waals surface area (Å²) in [5, 5.41) is 8.29. The van der Waals surface area contributed by atoms with E-state index in [0.29, 0.717) is 70.9 Å². The first-order valence-corrected chi connectivity index (χ1v) is 67.7. The number of nitrogens with zero attached hydrogens (tertiary/aromatic N) is 9. The molecule has 0 aliphatic heterocycles. The van der Waals surface area contributed by atoms with Crippen LogP contribution in [0.1, 0.15) is 165 Å². The number of ether oxygens (including phenoxy) is 6. The summed E-state index contributed by atoms with van der Waals surface area (Å²) in [5.74, 6) is -2.55. The Balaban J connectivity index is -0.000000150. The molecular formula is C56H132N9O43S18-9. The molecule has 0 fully saturated rings. The van der Waals surface area contributed by atoms with Crippen LogP contribution in [0.5, 0.6) is 0 Å². The molecule has 126 heavy (non-hydrogen) atoms. The van der Waals surface area contributed by atoms with E-state index in [2.05, 4.69) is 60.5 Å². The average Bonchev–Trinajstić information content (AvgIpc) is 0.921. The van der Waals surface area contributed by atoms with Crippen LogP contribution in [0.4, 0.5) is 0 Å². The number of aliphatic hydroxyl groups is 1. The van der Waals surface area contributed by atoms with Crippen LogP contribution in [0.3, 0.4) is 0 Å². The normalized spacial score (nSPS) is 12.9. The summed E-state index contributed by atoms with van der Waals surface area (Å²) in [6.45, 7) is 13.2. The molecule has 0 spiro atoms. The van der Waals surface area contributed by atoms with E-state index in [1.807, 2.05) is 20.8 Å². The van der Waals surface area contributed by atoms with Gasteiger partial charge in [-0.05, 0) is 39.5 Å². The summed E-state index contributed by atoms with van der Waals surface area (Å²) in [5.41, 5.74) is 0. The molecule has 776 valence electrons. The van der Waals surface area contributed by atoms with Crippen LogP contribution in [0.15, 0.2) is 0 Å². The van der Waals surface area contributed by atoms with E-state index in [4.69, 9.17) is 24.1 Å². The molecule has 0 amide bonds. The highest BCUT2D eigenvalue weighted by molar-refractivity contribution is 8.15. The lowest BCUT2D eigenvalue weighted by molar-refractivity contribution is 0.0591. The summed E-state index contributed by atoms with van der Waals surface area (Å²) in [6, 6.07) is 0. The monoisotopic (exact) mass is 2190 g/mol. The SMILES string of the molecule is C.CCCCCCCCS(=O)(=O)[N-]S(C)(=O)=O.CCCCCCCS(=O)(=O)[N-]S(C)(=O)=O.CCCCCCS(=O)(=O)[N-]S(C)(=O)=O.CCCCCS(=O)(=O)[N-]S(C)(=O)=O.CCOCCOCCS(=O)(=O)[N-]S(C)(=O)=O.CCOCCS(=O)(=O)[N-]S(C)(=O)=O.COCCOCCS(=O)(=O)[N-]S(C)(=O)=O.CS(=O)(=O)[N-]S(=O)(=O)CCOCCO.CS(=O)(=O)[N-]S(C)(=O)=O. The molecular weight excluding hydrogens is 2060 g/mol. The molecule has 0 aliphatic rings. The summed E-state index contributed by atoms with van der Waals surface area (Å²) in [6.07, 6.45) is 22.8. The Bertz CT molecular complexity index is 4810. The van der Waals surface area contributed by atoms with Gasteiger partial charge < -0.3 is 70.7 Å². The fourth-order valence-corrected chi connectivity index (χ4v) is 28.1. The first-order chi connectivity index (χ1) is 55.8. The van der Waals surface area contributed by atoms with E-state index in [-0.39, 0.29) is 83.3 Å². The van der Waals surface area contributed by atoms with Crippen molar-refractivity contribution in [1.82, 2.24) is 0 Å². The van der Waals surface area contributed by atoms with Gasteiger partial charge in [-0.15, -0.1) is 0 Å². The van der Waals surface area contributed by atoms with Gasteiger partial charge in [0.25, 0.3) is 0 Å². The van der Waals surface area contributed by atoms with Crippen molar-refractivity contribution < 1.29 is 185 Å². The Hall–Kier alpha value is -1.54. The van der Waals surface area contributed by atoms with Gasteiger partial charge in [0.1, 0.15) is 0 Å². The molecule has 0 bridgehead atoms. The van der Waals surface area contributed by atoms with Crippen molar-refractivity contribution in [3.8, 4) is 0 Å². The van der Waals surface area contributed by atoms with Crippen molar-refractivity contribution in [2.24, 2.45) is 0 Å². The predicted octanol–water partition coefficient (Wildman–Crippen LogP) is 2.97. The molecule has 0 heterocycles. The van der Waals surface area contributed by atoms with Gasteiger partial charge in [0.2, 0.25) is 0 Å². The van der Waals surface area contributed by atoms with E-state index in [1.165, 1.54) is 7.11 Å². The Morgan fingerprint density at radius 1 is 0.190 bits per heavy atom. The van der Waals surface area contributed by atoms with Crippen LogP contribution < -0.4 is 0 Å². The lowest BCUT2D eigenvalue weighted by Crippen LogP contribution is -2.15. The first-order valence-electron chi connectivity index (χ1n) is 36.3. The molecule has 0 aromatic heterocycles. The lowest BCUT2D eigenvalue weighted by atomic mass is 10.1. The second-order valence-electron chi connectivity index (χ2n) is 25.2. The highest BCUT2D eigenvalue weighted by Crippen LogP contribution is 2.18. The number of rotatable bonds is 62. The number of hydrogen-bond donors (Lipinski definition) is 1. The standard InChI is InChI=1S/C9H20NO4S2.C8H18NO4S2.C7H16NO6S2.C7H16NO4S2.C6H14NO6S2.C6H14NO4S2.C5H12NO6S2.C5H12NO5S2.C2H6NO4S2.CH4/c1-3-4-5-6-7-8-9-16(13,14)10-15(2,11)12;1-3-4-5-6-7-8-15(12,13)9-14(2,10)11;1-3-13-4-5-14-6-7-16(11,12)8-15(2,9)10;1-3-4-5-6-7-14(11,12)8-13(2,9)10;1-12-3-4-13-5-6-15(10,11)7-14(2,8)9;1-3-4-5-6-13(10,11)7-12(2,8)9;1-13(8,9)6-14(10,11)5-4-12-3-2-7;1-3-11-4-5-13(9,10)6-12(2,7)8;1-8(4,5)3-9(2,6)7;/h3-9H2,1-2H3;3-8H2,1-2H3;3-7H2,1-2H3;3-7H2,1-2H3;3-6H2,1-2H3;3-6H2,1-2H3;7H,2-5H2,1H3;3-5H2,1-2H3;1-2H3;1H4/q9*-1;. The Labute approximate surface area is 755 Å². The van der Waals surface area contributed by atoms with Crippen LogP contribution in [0, 0.1) is 0 Å². The predicted molar refractivity (Wildman–Crippen MR) is 486 cm³/mol. The van der Waals surface area contributed by atoms with Crippen LogP contribution in [-0.4, -0.2) is 352 Å². The molecule has 52 nitrogen and oxygen atoms in total. The molecule has 0 saturated carbocycles. The quantitative estimate of drug-likeness (QED) is 0.0855. The molecule has 1 N–H and O–H groups in total. The van der Waals surface area contributed by atoms with Crippen molar-refractivity contribution in [2.45, 2.75) is 165 Å². The maximum absolute atomic E-state index is 11.2. The topological polar surface area (TPSA) is 817 Å². The zero-order valence-corrected chi connectivity index (χ0v) is 87.5. The average molecular weight is 2200 g/mol. The number of sulfonamides is 18. The number of aliphatic hydroxyl groups excluding tert-OH is 1. The van der Waals surface area contributed by atoms with Gasteiger partial charge in [0.05, 0.1) is 269 Å². The van der Waals surface area contributed by atoms with Gasteiger partial charge in [-0.25, -0.2) is 152 Å². The molecule has 0 saturated heterocycles. The van der Waals surface area contributed by atoms with Crippen molar-refractivity contribution in [3.05, 3.63) is 37.1 Å². The molecule has 0 aromatic carbocycles. The maximum atomic E-state index is 11.2. The van der Waals surface area contributed by atoms with E-state index in [0.717, 1.165) is 134 Å². The first kappa shape index (κ1) is 145. The molecule has 0 aromatic rings. The Morgan fingerprint density at radius 3 is 0.532 bits per heavy atom. The highest BCUT2D eigenvalue weighted by atomic mass is 32.3. The molecule has 0 radical (unpaired) electrons. The van der Waals surface area contributed by atoms with E-state index >= 15 is 0 Å². The molecule has 0 unspecified atom stereocenters. The van der Waals surface area contributed by atoms with E-state index < -0.39 is 203 Å². The van der Waals surface area contributed by atoms with Crippen LogP contribution in [-0.2, 0) is 209 Å². The van der Waals surface area contributed by atoms with Gasteiger partial charge in [-0.1, -0.05) is 125 Å². The van der Waals surface area contributed by atoms with Crippen LogP contribution in [0.25, 0.3) is 37.1 Å². The third kappa shape index (κ3) is 143. The van der Waals surface area contributed by atoms with Crippen LogP contribution >= 0.6 is 0 Å². The minimum absolute atomic E-state index is 0. The Morgan fingerprint density at radius 2 is 0.341 bits per heavy atom. The largest absolute Gasteiger partial charge is 0.437 e. The van der Waals surface area contributed by atoms with Gasteiger partial charge in [0.15, 0.2) is 0 Å². The molecule has 0 atom stereocenters. The molecule has 70 heteroatoms. The second kappa shape index (κ2) is 72.8. The van der Waals surface area contributed by atoms with E-state index in [9.17, 15) is 152 Å². The van der Waals surface area contributed by atoms with Gasteiger partial charge in [0, 0.05) is 106 Å². The highest BCUT2D eigenvalue weighted by Gasteiger charge is 2.11. The fraction of sp³-hybridized carbons (Fsp3) is 1.00. The zero-order chi connectivity index (χ0) is 100. The minimum Gasteiger partial charge on any atom is -0.437 e. The number of hydrogen-bond acceptors (Lipinski definition) is 43. The van der Waals surface area contributed by atoms with Gasteiger partial charge in [-0.3, -0.25) is 0 Å². The number of unbranched alkanes of at least 4 members (excludes halogenated alkanes) is 14. The van der Waals surface area contributed by atoms with Crippen molar-refractivity contribution in [3.63, 3.8) is 0 Å². The van der Waals surface area contributed by atoms with Gasteiger partial charge in [-0.2, -0.15) is 0 Å². The van der Waals surface area contributed by atoms with Crippen LogP contribution in [0.2, 0.25) is 0 Å². The summed E-state index contributed by atoms with van der Waals surface area (Å²) in [4.78, 5) is 0. The van der Waals surface area contributed by atoms with Crippen molar-refractivity contribution >= 4 is 180 Å². The second-order valence-corrected chi connectivity index (χ2v) is 57.8. The maximum Gasteiger partial charge on any atom is 0.0853 e. The molecule has 0 aliphatic carbocycles.